The summed E-state index contributed by atoms with van der Waals surface area (Å²) in [6.45, 7) is 11.0. The van der Waals surface area contributed by atoms with E-state index in [1.165, 1.54) is 0 Å². The molecule has 0 bridgehead atoms. The minimum Gasteiger partial charge on any atom is -0.497 e. The molecule has 1 amide bonds. The van der Waals surface area contributed by atoms with Gasteiger partial charge in [0.15, 0.2) is 0 Å². The Morgan fingerprint density at radius 3 is 2.36 bits per heavy atom. The number of amides is 1. The van der Waals surface area contributed by atoms with Gasteiger partial charge in [-0.1, -0.05) is 55.7 Å². The molecule has 1 aromatic carbocycles. The first kappa shape index (κ1) is 20.0. The Morgan fingerprint density at radius 2 is 1.84 bits per heavy atom. The molecule has 0 aliphatic heterocycles. The van der Waals surface area contributed by atoms with Crippen LogP contribution in [0.5, 0.6) is 0 Å². The minimum absolute atomic E-state index is 0.122. The van der Waals surface area contributed by atoms with Crippen molar-refractivity contribution in [3.05, 3.63) is 103 Å². The third-order valence-corrected chi connectivity index (χ3v) is 3.45. The highest BCUT2D eigenvalue weighted by atomic mass is 16.5. The Balaban J connectivity index is 3.32. The van der Waals surface area contributed by atoms with Crippen LogP contribution in [-0.2, 0) is 9.53 Å². The summed E-state index contributed by atoms with van der Waals surface area (Å²) in [5, 5.41) is 0. The Bertz CT molecular complexity index is 722. The molecule has 0 atom stereocenters. The highest BCUT2D eigenvalue weighted by Crippen LogP contribution is 2.22. The van der Waals surface area contributed by atoms with E-state index in [0.29, 0.717) is 11.3 Å². The third kappa shape index (κ3) is 5.81. The zero-order chi connectivity index (χ0) is 18.7. The van der Waals surface area contributed by atoms with E-state index in [1.54, 1.807) is 49.3 Å². The van der Waals surface area contributed by atoms with Crippen molar-refractivity contribution in [2.75, 3.05) is 12.0 Å². The van der Waals surface area contributed by atoms with Gasteiger partial charge in [-0.05, 0) is 44.2 Å². The van der Waals surface area contributed by atoms with Crippen molar-refractivity contribution in [1.29, 1.82) is 0 Å². The summed E-state index contributed by atoms with van der Waals surface area (Å²) in [6, 6.07) is 9.52. The van der Waals surface area contributed by atoms with Gasteiger partial charge in [0.2, 0.25) is 0 Å². The predicted molar refractivity (Wildman–Crippen MR) is 106 cm³/mol. The summed E-state index contributed by atoms with van der Waals surface area (Å²) in [6.07, 6.45) is 12.3. The topological polar surface area (TPSA) is 29.5 Å². The van der Waals surface area contributed by atoms with Gasteiger partial charge in [-0.3, -0.25) is 9.69 Å². The Morgan fingerprint density at radius 1 is 1.16 bits per heavy atom. The Labute approximate surface area is 150 Å². The van der Waals surface area contributed by atoms with Gasteiger partial charge in [0.25, 0.3) is 5.91 Å². The average Bonchev–Trinajstić information content (AvgIpc) is 2.65. The molecule has 0 aliphatic rings. The molecule has 0 saturated carbocycles. The third-order valence-electron chi connectivity index (χ3n) is 3.45. The van der Waals surface area contributed by atoms with Gasteiger partial charge >= 0.3 is 0 Å². The number of anilines is 1. The average molecular weight is 335 g/mol. The largest absolute Gasteiger partial charge is 0.497 e. The fraction of sp³-hybridized carbons (Fsp3) is 0.136. The molecule has 130 valence electrons. The van der Waals surface area contributed by atoms with Gasteiger partial charge in [-0.15, -0.1) is 0 Å². The molecule has 3 heteroatoms. The normalized spacial score (nSPS) is 12.8. The molecular weight excluding hydrogens is 310 g/mol. The SMILES string of the molecule is C=C/C=C\C(=C/C)N(C(=O)/C(C)=C/C=C(\C=C)OC)c1ccccc1. The lowest BCUT2D eigenvalue weighted by molar-refractivity contribution is -0.114. The van der Waals surface area contributed by atoms with Crippen LogP contribution in [0.25, 0.3) is 0 Å². The van der Waals surface area contributed by atoms with E-state index in [4.69, 9.17) is 4.74 Å². The van der Waals surface area contributed by atoms with Gasteiger partial charge in [0.05, 0.1) is 7.11 Å². The van der Waals surface area contributed by atoms with Crippen molar-refractivity contribution < 1.29 is 9.53 Å². The summed E-state index contributed by atoms with van der Waals surface area (Å²) in [5.41, 5.74) is 2.14. The number of nitrogens with zero attached hydrogens (tertiary/aromatic N) is 1. The number of rotatable bonds is 8. The molecule has 0 aromatic heterocycles. The standard InChI is InChI=1S/C22H25NO2/c1-6-9-13-19(7-2)23(20-14-11-10-12-15-20)22(24)18(4)16-17-21(8-3)25-5/h6-17H,1,3H2,2,4-5H3/b13-9-,18-16+,19-7+,21-17+. The second-order valence-corrected chi connectivity index (χ2v) is 5.11. The lowest BCUT2D eigenvalue weighted by Gasteiger charge is -2.24. The molecule has 1 aromatic rings. The zero-order valence-corrected chi connectivity index (χ0v) is 15.1. The monoisotopic (exact) mass is 335 g/mol. The minimum atomic E-state index is -0.122. The number of benzene rings is 1. The molecule has 0 N–H and O–H groups in total. The maximum Gasteiger partial charge on any atom is 0.258 e. The fourth-order valence-corrected chi connectivity index (χ4v) is 2.10. The fourth-order valence-electron chi connectivity index (χ4n) is 2.10. The molecule has 0 saturated heterocycles. The molecule has 0 spiro atoms. The molecular formula is C22H25NO2. The second-order valence-electron chi connectivity index (χ2n) is 5.11. The van der Waals surface area contributed by atoms with E-state index in [2.05, 4.69) is 13.2 Å². The van der Waals surface area contributed by atoms with Crippen molar-refractivity contribution in [3.63, 3.8) is 0 Å². The predicted octanol–water partition coefficient (Wildman–Crippen LogP) is 5.33. The molecule has 0 radical (unpaired) electrons. The van der Waals surface area contributed by atoms with E-state index in [-0.39, 0.29) is 5.91 Å². The van der Waals surface area contributed by atoms with Crippen LogP contribution < -0.4 is 4.90 Å². The second kappa shape index (κ2) is 10.7. The number of methoxy groups -OCH3 is 1. The van der Waals surface area contributed by atoms with Crippen LogP contribution in [0, 0.1) is 0 Å². The van der Waals surface area contributed by atoms with Gasteiger partial charge in [-0.25, -0.2) is 0 Å². The van der Waals surface area contributed by atoms with Crippen molar-refractivity contribution in [1.82, 2.24) is 0 Å². The van der Waals surface area contributed by atoms with Gasteiger partial charge < -0.3 is 4.74 Å². The van der Waals surface area contributed by atoms with Crippen molar-refractivity contribution in [3.8, 4) is 0 Å². The van der Waals surface area contributed by atoms with Gasteiger partial charge in [0.1, 0.15) is 5.76 Å². The molecule has 25 heavy (non-hydrogen) atoms. The quantitative estimate of drug-likeness (QED) is 0.365. The lowest BCUT2D eigenvalue weighted by atomic mass is 10.1. The number of para-hydroxylation sites is 1. The highest BCUT2D eigenvalue weighted by Gasteiger charge is 2.19. The van der Waals surface area contributed by atoms with Crippen LogP contribution in [0.2, 0.25) is 0 Å². The van der Waals surface area contributed by atoms with Crippen molar-refractivity contribution >= 4 is 11.6 Å². The summed E-state index contributed by atoms with van der Waals surface area (Å²) < 4.78 is 5.14. The van der Waals surface area contributed by atoms with Crippen LogP contribution in [0.1, 0.15) is 13.8 Å². The number of hydrogen-bond donors (Lipinski definition) is 0. The molecule has 3 nitrogen and oxygen atoms in total. The molecule has 0 unspecified atom stereocenters. The highest BCUT2D eigenvalue weighted by molar-refractivity contribution is 6.07. The molecule has 0 aliphatic carbocycles. The number of hydrogen-bond acceptors (Lipinski definition) is 2. The lowest BCUT2D eigenvalue weighted by Crippen LogP contribution is -2.30. The molecule has 1 rings (SSSR count). The van der Waals surface area contributed by atoms with Crippen LogP contribution in [0.15, 0.2) is 103 Å². The first-order valence-corrected chi connectivity index (χ1v) is 7.99. The van der Waals surface area contributed by atoms with E-state index in [9.17, 15) is 4.79 Å². The smallest absolute Gasteiger partial charge is 0.258 e. The first-order valence-electron chi connectivity index (χ1n) is 7.99. The van der Waals surface area contributed by atoms with Crippen LogP contribution in [0.4, 0.5) is 5.69 Å². The van der Waals surface area contributed by atoms with Crippen molar-refractivity contribution in [2.45, 2.75) is 13.8 Å². The number of allylic oxidation sites excluding steroid dienone is 7. The molecule has 0 fully saturated rings. The van der Waals surface area contributed by atoms with E-state index in [0.717, 1.165) is 11.4 Å². The summed E-state index contributed by atoms with van der Waals surface area (Å²) in [5.74, 6) is 0.472. The van der Waals surface area contributed by atoms with Crippen LogP contribution in [-0.4, -0.2) is 13.0 Å². The Kier molecular flexibility index (Phi) is 8.52. The van der Waals surface area contributed by atoms with Crippen LogP contribution >= 0.6 is 0 Å². The van der Waals surface area contributed by atoms with E-state index >= 15 is 0 Å². The van der Waals surface area contributed by atoms with Crippen LogP contribution in [0.3, 0.4) is 0 Å². The number of carbonyl (C=O) groups is 1. The van der Waals surface area contributed by atoms with Gasteiger partial charge in [-0.2, -0.15) is 0 Å². The first-order chi connectivity index (χ1) is 12.1. The number of carbonyl (C=O) groups excluding carboxylic acids is 1. The zero-order valence-electron chi connectivity index (χ0n) is 15.1. The summed E-state index contributed by atoms with van der Waals surface area (Å²) in [7, 11) is 1.56. The number of ether oxygens (including phenoxy) is 1. The molecule has 0 heterocycles. The van der Waals surface area contributed by atoms with Crippen molar-refractivity contribution in [2.24, 2.45) is 0 Å². The summed E-state index contributed by atoms with van der Waals surface area (Å²) >= 11 is 0. The van der Waals surface area contributed by atoms with Gasteiger partial charge in [0, 0.05) is 17.0 Å². The summed E-state index contributed by atoms with van der Waals surface area (Å²) in [4.78, 5) is 14.7. The van der Waals surface area contributed by atoms with E-state index in [1.807, 2.05) is 49.4 Å². The van der Waals surface area contributed by atoms with E-state index < -0.39 is 0 Å². The Hall–Kier alpha value is -3.07. The maximum atomic E-state index is 13.1. The maximum absolute atomic E-state index is 13.1.